The van der Waals surface area contributed by atoms with E-state index in [1.54, 1.807) is 6.08 Å². The minimum atomic E-state index is -0.354. The normalized spacial score (nSPS) is 24.4. The Labute approximate surface area is 172 Å². The molecule has 0 aliphatic heterocycles. The van der Waals surface area contributed by atoms with Gasteiger partial charge in [-0.05, 0) is 43.8 Å². The molecule has 152 valence electrons. The number of fused-ring (bicyclic) bond motifs is 2. The van der Waals surface area contributed by atoms with Gasteiger partial charge in [0.1, 0.15) is 5.69 Å². The monoisotopic (exact) mass is 392 g/mol. The second-order valence-electron chi connectivity index (χ2n) is 9.51. The van der Waals surface area contributed by atoms with Crippen molar-refractivity contribution in [1.29, 1.82) is 0 Å². The molecule has 3 aliphatic rings. The zero-order valence-corrected chi connectivity index (χ0v) is 17.9. The highest BCUT2D eigenvalue weighted by Crippen LogP contribution is 2.45. The van der Waals surface area contributed by atoms with Crippen LogP contribution in [0.1, 0.15) is 80.9 Å². The van der Waals surface area contributed by atoms with Gasteiger partial charge in [-0.3, -0.25) is 9.78 Å². The number of rotatable bonds is 1. The molecule has 1 heterocycles. The topological polar surface area (TPSA) is 69.2 Å². The minimum Gasteiger partial charge on any atom is -0.465 e. The minimum absolute atomic E-state index is 0.0180. The third-order valence-corrected chi connectivity index (χ3v) is 6.54. The van der Waals surface area contributed by atoms with Crippen LogP contribution in [0.15, 0.2) is 34.9 Å². The molecule has 0 spiro atoms. The first-order valence-electron chi connectivity index (χ1n) is 10.3. The summed E-state index contributed by atoms with van der Waals surface area (Å²) in [6.45, 7) is 8.83. The Morgan fingerprint density at radius 3 is 2.24 bits per heavy atom. The van der Waals surface area contributed by atoms with Gasteiger partial charge in [-0.15, -0.1) is 0 Å². The van der Waals surface area contributed by atoms with E-state index in [0.29, 0.717) is 24.1 Å². The summed E-state index contributed by atoms with van der Waals surface area (Å²) in [4.78, 5) is 34.9. The molecule has 29 heavy (non-hydrogen) atoms. The summed E-state index contributed by atoms with van der Waals surface area (Å²) in [7, 11) is 1.37. The number of Topliss-reactive ketones (excluding diaryl/α,β-unsaturated/α-hetero) is 1. The maximum absolute atomic E-state index is 13.3. The number of nitrogens with zero attached hydrogens (tertiary/aromatic N) is 2. The van der Waals surface area contributed by atoms with Crippen LogP contribution in [-0.4, -0.2) is 28.8 Å². The molecule has 5 nitrogen and oxygen atoms in total. The quantitative estimate of drug-likeness (QED) is 0.526. The summed E-state index contributed by atoms with van der Waals surface area (Å²) in [6, 6.07) is 0. The highest BCUT2D eigenvalue weighted by molar-refractivity contribution is 6.10. The number of aromatic nitrogens is 2. The summed E-state index contributed by atoms with van der Waals surface area (Å²) < 4.78 is 4.77. The van der Waals surface area contributed by atoms with Crippen LogP contribution in [0.25, 0.3) is 0 Å². The van der Waals surface area contributed by atoms with E-state index in [1.165, 1.54) is 7.11 Å². The van der Waals surface area contributed by atoms with Crippen LogP contribution >= 0.6 is 0 Å². The second kappa shape index (κ2) is 6.75. The lowest BCUT2D eigenvalue weighted by Crippen LogP contribution is -2.38. The van der Waals surface area contributed by atoms with Gasteiger partial charge in [-0.25, -0.2) is 9.78 Å². The number of allylic oxidation sites excluding steroid dienone is 4. The number of ether oxygens (including phenoxy) is 1. The summed E-state index contributed by atoms with van der Waals surface area (Å²) in [5.41, 5.74) is 5.53. The zero-order valence-electron chi connectivity index (χ0n) is 17.9. The van der Waals surface area contributed by atoms with Crippen LogP contribution in [0.4, 0.5) is 0 Å². The van der Waals surface area contributed by atoms with Crippen molar-refractivity contribution in [3.05, 3.63) is 57.7 Å². The van der Waals surface area contributed by atoms with Crippen molar-refractivity contribution < 1.29 is 14.3 Å². The van der Waals surface area contributed by atoms with Crippen LogP contribution in [0.5, 0.6) is 0 Å². The van der Waals surface area contributed by atoms with Crippen LogP contribution < -0.4 is 0 Å². The van der Waals surface area contributed by atoms with Gasteiger partial charge >= 0.3 is 5.97 Å². The number of aryl methyl sites for hydroxylation is 1. The molecular weight excluding hydrogens is 364 g/mol. The van der Waals surface area contributed by atoms with Crippen molar-refractivity contribution >= 4 is 11.8 Å². The first-order valence-corrected chi connectivity index (χ1v) is 10.3. The Hall–Kier alpha value is -2.56. The SMILES string of the molecule is COC(=O)C1=CCC(=C2CCc3nc4c(nc3C2=O)C(C)(C)CCC4(C)C)C=C1. The Balaban J connectivity index is 1.74. The standard InChI is InChI=1S/C24H28N2O3/c1-23(2)12-13-24(3,4)21-20(23)25-17-11-10-16(19(27)18(17)26-21)14-6-8-15(9-7-14)22(28)29-5/h6,8-9H,7,10-13H2,1-5H3. The van der Waals surface area contributed by atoms with E-state index in [-0.39, 0.29) is 22.6 Å². The van der Waals surface area contributed by atoms with Crippen molar-refractivity contribution in [1.82, 2.24) is 9.97 Å². The molecule has 0 N–H and O–H groups in total. The average molecular weight is 392 g/mol. The lowest BCUT2D eigenvalue weighted by atomic mass is 9.67. The van der Waals surface area contributed by atoms with Gasteiger partial charge in [0.25, 0.3) is 0 Å². The fraction of sp³-hybridized carbons (Fsp3) is 0.500. The molecule has 0 amide bonds. The molecule has 5 heteroatoms. The smallest absolute Gasteiger partial charge is 0.337 e. The molecule has 4 rings (SSSR count). The van der Waals surface area contributed by atoms with Gasteiger partial charge in [0, 0.05) is 16.4 Å². The third kappa shape index (κ3) is 3.26. The second-order valence-corrected chi connectivity index (χ2v) is 9.51. The molecular formula is C24H28N2O3. The third-order valence-electron chi connectivity index (χ3n) is 6.54. The van der Waals surface area contributed by atoms with Crippen molar-refractivity contribution in [2.75, 3.05) is 7.11 Å². The number of hydrogen-bond acceptors (Lipinski definition) is 5. The summed E-state index contributed by atoms with van der Waals surface area (Å²) in [6.07, 6.45) is 9.45. The van der Waals surface area contributed by atoms with Crippen LogP contribution in [0, 0.1) is 0 Å². The van der Waals surface area contributed by atoms with Gasteiger partial charge in [-0.1, -0.05) is 39.8 Å². The number of carbonyl (C=O) groups is 2. The summed E-state index contributed by atoms with van der Waals surface area (Å²) in [5.74, 6) is -0.372. The lowest BCUT2D eigenvalue weighted by molar-refractivity contribution is -0.135. The van der Waals surface area contributed by atoms with Gasteiger partial charge in [0.15, 0.2) is 0 Å². The van der Waals surface area contributed by atoms with E-state index < -0.39 is 0 Å². The van der Waals surface area contributed by atoms with E-state index in [0.717, 1.165) is 47.5 Å². The zero-order chi connectivity index (χ0) is 21.0. The fourth-order valence-electron chi connectivity index (χ4n) is 4.48. The average Bonchev–Trinajstić information content (AvgIpc) is 2.71. The number of ketones is 1. The van der Waals surface area contributed by atoms with Crippen molar-refractivity contribution in [2.45, 2.75) is 70.6 Å². The molecule has 1 aromatic rings. The first kappa shape index (κ1) is 19.7. The van der Waals surface area contributed by atoms with E-state index in [2.05, 4.69) is 27.7 Å². The molecule has 0 aromatic carbocycles. The van der Waals surface area contributed by atoms with Crippen molar-refractivity contribution in [3.8, 4) is 0 Å². The largest absolute Gasteiger partial charge is 0.465 e. The molecule has 0 atom stereocenters. The van der Waals surface area contributed by atoms with Crippen LogP contribution in [-0.2, 0) is 26.8 Å². The van der Waals surface area contributed by atoms with Crippen LogP contribution in [0.2, 0.25) is 0 Å². The predicted molar refractivity (Wildman–Crippen MR) is 111 cm³/mol. The predicted octanol–water partition coefficient (Wildman–Crippen LogP) is 4.31. The van der Waals surface area contributed by atoms with Crippen LogP contribution in [0.3, 0.4) is 0 Å². The molecule has 0 fully saturated rings. The Morgan fingerprint density at radius 1 is 1.00 bits per heavy atom. The highest BCUT2D eigenvalue weighted by Gasteiger charge is 2.41. The number of esters is 1. The summed E-state index contributed by atoms with van der Waals surface area (Å²) in [5, 5.41) is 0. The molecule has 3 aliphatic carbocycles. The summed E-state index contributed by atoms with van der Waals surface area (Å²) >= 11 is 0. The van der Waals surface area contributed by atoms with Gasteiger partial charge in [-0.2, -0.15) is 0 Å². The Kier molecular flexibility index (Phi) is 4.60. The fourth-order valence-corrected chi connectivity index (χ4v) is 4.48. The molecule has 0 radical (unpaired) electrons. The van der Waals surface area contributed by atoms with E-state index in [4.69, 9.17) is 14.7 Å². The number of carbonyl (C=O) groups excluding carboxylic acids is 2. The maximum atomic E-state index is 13.3. The van der Waals surface area contributed by atoms with Gasteiger partial charge < -0.3 is 4.74 Å². The van der Waals surface area contributed by atoms with E-state index >= 15 is 0 Å². The highest BCUT2D eigenvalue weighted by atomic mass is 16.5. The number of methoxy groups -OCH3 is 1. The Bertz CT molecular complexity index is 1010. The molecule has 0 saturated carbocycles. The molecule has 1 aromatic heterocycles. The molecule has 0 bridgehead atoms. The van der Waals surface area contributed by atoms with E-state index in [1.807, 2.05) is 12.2 Å². The van der Waals surface area contributed by atoms with E-state index in [9.17, 15) is 9.59 Å². The first-order chi connectivity index (χ1) is 13.6. The number of hydrogen-bond donors (Lipinski definition) is 0. The lowest BCUT2D eigenvalue weighted by Gasteiger charge is -2.40. The van der Waals surface area contributed by atoms with Crippen molar-refractivity contribution in [3.63, 3.8) is 0 Å². The van der Waals surface area contributed by atoms with Crippen molar-refractivity contribution in [2.24, 2.45) is 0 Å². The molecule has 0 unspecified atom stereocenters. The Morgan fingerprint density at radius 2 is 1.66 bits per heavy atom. The van der Waals surface area contributed by atoms with Gasteiger partial charge in [0.05, 0.1) is 29.8 Å². The molecule has 0 saturated heterocycles. The van der Waals surface area contributed by atoms with Gasteiger partial charge in [0.2, 0.25) is 5.78 Å². The maximum Gasteiger partial charge on any atom is 0.337 e.